The van der Waals surface area contributed by atoms with E-state index >= 15 is 0 Å². The molecular formula is C15H20ClN3O. The second kappa shape index (κ2) is 5.72. The molecule has 0 saturated carbocycles. The molecule has 0 bridgehead atoms. The van der Waals surface area contributed by atoms with Crippen LogP contribution in [-0.4, -0.2) is 29.5 Å². The van der Waals surface area contributed by atoms with E-state index in [0.29, 0.717) is 5.92 Å². The number of quaternary nitrogens is 1. The summed E-state index contributed by atoms with van der Waals surface area (Å²) in [6.45, 7) is 4.13. The van der Waals surface area contributed by atoms with Crippen molar-refractivity contribution < 1.29 is 22.5 Å². The summed E-state index contributed by atoms with van der Waals surface area (Å²) in [5.74, 6) is 0.632. The number of halogens is 1. The monoisotopic (exact) mass is 293 g/mol. The lowest BCUT2D eigenvalue weighted by atomic mass is 9.90. The lowest BCUT2D eigenvalue weighted by Gasteiger charge is -2.32. The fourth-order valence-corrected chi connectivity index (χ4v) is 3.52. The Morgan fingerprint density at radius 1 is 1.30 bits per heavy atom. The van der Waals surface area contributed by atoms with E-state index in [4.69, 9.17) is 9.84 Å². The summed E-state index contributed by atoms with van der Waals surface area (Å²) in [7, 11) is 0. The molecule has 2 aromatic rings. The van der Waals surface area contributed by atoms with Crippen LogP contribution in [0.15, 0.2) is 24.3 Å². The SMILES string of the molecule is [Cl-].c1ccc2c3n(nc2c1)CCOC3[C@H]1CCC[NH2+]C1. The Labute approximate surface area is 124 Å². The predicted molar refractivity (Wildman–Crippen MR) is 72.8 cm³/mol. The maximum absolute atomic E-state index is 6.13. The highest BCUT2D eigenvalue weighted by atomic mass is 35.5. The minimum absolute atomic E-state index is 0. The van der Waals surface area contributed by atoms with Gasteiger partial charge in [0.1, 0.15) is 6.10 Å². The Balaban J connectivity index is 0.00000121. The van der Waals surface area contributed by atoms with Crippen LogP contribution in [0, 0.1) is 5.92 Å². The van der Waals surface area contributed by atoms with E-state index in [1.54, 1.807) is 0 Å². The van der Waals surface area contributed by atoms with Crippen molar-refractivity contribution in [2.45, 2.75) is 25.5 Å². The van der Waals surface area contributed by atoms with Crippen molar-refractivity contribution in [3.8, 4) is 0 Å². The Hall–Kier alpha value is -1.10. The first kappa shape index (κ1) is 13.9. The molecule has 4 rings (SSSR count). The van der Waals surface area contributed by atoms with Gasteiger partial charge >= 0.3 is 0 Å². The quantitative estimate of drug-likeness (QED) is 0.667. The first-order valence-corrected chi connectivity index (χ1v) is 7.32. The van der Waals surface area contributed by atoms with Gasteiger partial charge in [-0.1, -0.05) is 18.2 Å². The minimum Gasteiger partial charge on any atom is -1.00 e. The molecular weight excluding hydrogens is 274 g/mol. The summed E-state index contributed by atoms with van der Waals surface area (Å²) in [5, 5.41) is 8.43. The molecule has 1 aromatic heterocycles. The van der Waals surface area contributed by atoms with Gasteiger partial charge in [0.25, 0.3) is 0 Å². The number of hydrogen-bond acceptors (Lipinski definition) is 2. The van der Waals surface area contributed by atoms with E-state index in [9.17, 15) is 0 Å². The third kappa shape index (κ3) is 2.22. The van der Waals surface area contributed by atoms with E-state index in [1.807, 2.05) is 0 Å². The maximum Gasteiger partial charge on any atom is 0.108 e. The van der Waals surface area contributed by atoms with Gasteiger partial charge in [0.05, 0.1) is 37.5 Å². The second-order valence-electron chi connectivity index (χ2n) is 5.63. The third-order valence-corrected chi connectivity index (χ3v) is 4.44. The molecule has 5 heteroatoms. The maximum atomic E-state index is 6.13. The second-order valence-corrected chi connectivity index (χ2v) is 5.63. The minimum atomic E-state index is 0. The van der Waals surface area contributed by atoms with Gasteiger partial charge < -0.3 is 22.5 Å². The average Bonchev–Trinajstić information content (AvgIpc) is 2.86. The Bertz CT molecular complexity index is 592. The number of rotatable bonds is 1. The van der Waals surface area contributed by atoms with Gasteiger partial charge in [-0.15, -0.1) is 0 Å². The molecule has 1 unspecified atom stereocenters. The summed E-state index contributed by atoms with van der Waals surface area (Å²) < 4.78 is 8.30. The molecule has 2 aliphatic heterocycles. The molecule has 20 heavy (non-hydrogen) atoms. The lowest BCUT2D eigenvalue weighted by Crippen LogP contribution is -3.00. The van der Waals surface area contributed by atoms with E-state index in [2.05, 4.69) is 34.3 Å². The number of benzene rings is 1. The normalized spacial score (nSPS) is 26.0. The molecule has 3 heterocycles. The predicted octanol–water partition coefficient (Wildman–Crippen LogP) is -1.91. The van der Waals surface area contributed by atoms with Gasteiger partial charge in [-0.2, -0.15) is 5.10 Å². The number of nitrogens with two attached hydrogens (primary N) is 1. The largest absolute Gasteiger partial charge is 1.00 e. The summed E-state index contributed by atoms with van der Waals surface area (Å²) in [6, 6.07) is 8.45. The van der Waals surface area contributed by atoms with Crippen LogP contribution in [0.1, 0.15) is 24.6 Å². The zero-order chi connectivity index (χ0) is 12.7. The van der Waals surface area contributed by atoms with Crippen molar-refractivity contribution in [1.82, 2.24) is 9.78 Å². The van der Waals surface area contributed by atoms with Crippen LogP contribution in [0.2, 0.25) is 0 Å². The third-order valence-electron chi connectivity index (χ3n) is 4.44. The molecule has 2 aliphatic rings. The highest BCUT2D eigenvalue weighted by Gasteiger charge is 2.34. The fraction of sp³-hybridized carbons (Fsp3) is 0.533. The van der Waals surface area contributed by atoms with Gasteiger partial charge in [-0.25, -0.2) is 0 Å². The summed E-state index contributed by atoms with van der Waals surface area (Å²) in [5.41, 5.74) is 2.41. The smallest absolute Gasteiger partial charge is 0.108 e. The van der Waals surface area contributed by atoms with Crippen LogP contribution in [-0.2, 0) is 11.3 Å². The molecule has 4 nitrogen and oxygen atoms in total. The highest BCUT2D eigenvalue weighted by Crippen LogP contribution is 2.36. The average molecular weight is 294 g/mol. The van der Waals surface area contributed by atoms with E-state index in [-0.39, 0.29) is 18.5 Å². The highest BCUT2D eigenvalue weighted by molar-refractivity contribution is 5.82. The van der Waals surface area contributed by atoms with Crippen LogP contribution >= 0.6 is 0 Å². The zero-order valence-corrected chi connectivity index (χ0v) is 12.2. The number of hydrogen-bond donors (Lipinski definition) is 1. The van der Waals surface area contributed by atoms with Crippen LogP contribution < -0.4 is 17.7 Å². The van der Waals surface area contributed by atoms with E-state index in [1.165, 1.54) is 37.0 Å². The van der Waals surface area contributed by atoms with Crippen LogP contribution in [0.25, 0.3) is 10.9 Å². The van der Waals surface area contributed by atoms with Gasteiger partial charge in [-0.05, 0) is 18.9 Å². The molecule has 2 atom stereocenters. The lowest BCUT2D eigenvalue weighted by molar-refractivity contribution is -0.670. The van der Waals surface area contributed by atoms with E-state index in [0.717, 1.165) is 18.7 Å². The molecule has 1 saturated heterocycles. The van der Waals surface area contributed by atoms with Crippen molar-refractivity contribution in [3.63, 3.8) is 0 Å². The summed E-state index contributed by atoms with van der Waals surface area (Å²) in [4.78, 5) is 0. The zero-order valence-electron chi connectivity index (χ0n) is 11.5. The number of fused-ring (bicyclic) bond motifs is 3. The Morgan fingerprint density at radius 2 is 2.20 bits per heavy atom. The molecule has 2 N–H and O–H groups in total. The molecule has 0 radical (unpaired) electrons. The van der Waals surface area contributed by atoms with Crippen molar-refractivity contribution >= 4 is 10.9 Å². The van der Waals surface area contributed by atoms with Gasteiger partial charge in [0.15, 0.2) is 0 Å². The molecule has 108 valence electrons. The van der Waals surface area contributed by atoms with Crippen LogP contribution in [0.4, 0.5) is 0 Å². The van der Waals surface area contributed by atoms with Gasteiger partial charge in [0.2, 0.25) is 0 Å². The summed E-state index contributed by atoms with van der Waals surface area (Å²) in [6.07, 6.45) is 2.81. The van der Waals surface area contributed by atoms with Crippen LogP contribution in [0.3, 0.4) is 0 Å². The van der Waals surface area contributed by atoms with Crippen LogP contribution in [0.5, 0.6) is 0 Å². The number of aromatic nitrogens is 2. The van der Waals surface area contributed by atoms with Crippen molar-refractivity contribution in [1.29, 1.82) is 0 Å². The van der Waals surface area contributed by atoms with Gasteiger partial charge in [0, 0.05) is 11.3 Å². The molecule has 0 aliphatic carbocycles. The fourth-order valence-electron chi connectivity index (χ4n) is 3.52. The molecule has 1 fully saturated rings. The summed E-state index contributed by atoms with van der Waals surface area (Å²) >= 11 is 0. The van der Waals surface area contributed by atoms with Gasteiger partial charge in [-0.3, -0.25) is 4.68 Å². The molecule has 1 aromatic carbocycles. The van der Waals surface area contributed by atoms with Crippen molar-refractivity contribution in [2.24, 2.45) is 5.92 Å². The molecule has 0 amide bonds. The Morgan fingerprint density at radius 3 is 3.05 bits per heavy atom. The molecule has 0 spiro atoms. The van der Waals surface area contributed by atoms with Crippen molar-refractivity contribution in [2.75, 3.05) is 19.7 Å². The van der Waals surface area contributed by atoms with Crippen molar-refractivity contribution in [3.05, 3.63) is 30.0 Å². The first-order chi connectivity index (χ1) is 9.43. The number of ether oxygens (including phenoxy) is 1. The number of piperidine rings is 1. The number of nitrogens with zero attached hydrogens (tertiary/aromatic N) is 2. The first-order valence-electron chi connectivity index (χ1n) is 7.32. The van der Waals surface area contributed by atoms with E-state index < -0.39 is 0 Å². The topological polar surface area (TPSA) is 43.7 Å². The Kier molecular flexibility index (Phi) is 3.96. The standard InChI is InChI=1S/C15H19N3O.ClH/c1-2-6-13-12(5-1)14-15(11-4-3-7-16-10-11)19-9-8-18(14)17-13;/h1-2,5-6,11,15-16H,3-4,7-10H2;1H/t11-,15?;/m0./s1.